The lowest BCUT2D eigenvalue weighted by Gasteiger charge is -2.18. The van der Waals surface area contributed by atoms with Crippen LogP contribution in [0.15, 0.2) is 18.2 Å². The van der Waals surface area contributed by atoms with Gasteiger partial charge in [0.05, 0.1) is 7.11 Å². The summed E-state index contributed by atoms with van der Waals surface area (Å²) in [5, 5.41) is 0. The lowest BCUT2D eigenvalue weighted by Crippen LogP contribution is -2.26. The van der Waals surface area contributed by atoms with E-state index in [9.17, 15) is 4.79 Å². The number of carbonyl (C=O) groups is 1. The van der Waals surface area contributed by atoms with E-state index in [0.29, 0.717) is 18.8 Å². The predicted octanol–water partition coefficient (Wildman–Crippen LogP) is 2.59. The zero-order chi connectivity index (χ0) is 12.8. The van der Waals surface area contributed by atoms with Gasteiger partial charge in [0.2, 0.25) is 5.91 Å². The number of amides is 1. The van der Waals surface area contributed by atoms with Gasteiger partial charge in [-0.15, -0.1) is 11.6 Å². The molecule has 17 heavy (non-hydrogen) atoms. The predicted molar refractivity (Wildman–Crippen MR) is 69.5 cm³/mol. The average Bonchev–Trinajstić information content (AvgIpc) is 2.29. The third-order valence-corrected chi connectivity index (χ3v) is 2.77. The van der Waals surface area contributed by atoms with Gasteiger partial charge in [-0.25, -0.2) is 0 Å². The Labute approximate surface area is 107 Å². The lowest BCUT2D eigenvalue weighted by atomic mass is 10.1. The van der Waals surface area contributed by atoms with Crippen molar-refractivity contribution in [2.24, 2.45) is 0 Å². The molecule has 0 heterocycles. The number of carbonyl (C=O) groups excluding carboxylic acids is 1. The van der Waals surface area contributed by atoms with E-state index >= 15 is 0 Å². The van der Waals surface area contributed by atoms with Crippen LogP contribution in [0, 0.1) is 6.92 Å². The van der Waals surface area contributed by atoms with Crippen molar-refractivity contribution in [3.63, 3.8) is 0 Å². The summed E-state index contributed by atoms with van der Waals surface area (Å²) in [7, 11) is 3.41. The maximum Gasteiger partial charge on any atom is 0.223 e. The van der Waals surface area contributed by atoms with Crippen LogP contribution in [-0.2, 0) is 11.3 Å². The number of methoxy groups -OCH3 is 1. The summed E-state index contributed by atoms with van der Waals surface area (Å²) in [6.45, 7) is 2.56. The zero-order valence-electron chi connectivity index (χ0n) is 10.5. The van der Waals surface area contributed by atoms with Crippen LogP contribution in [-0.4, -0.2) is 30.8 Å². The molecule has 0 unspecified atom stereocenters. The fraction of sp³-hybridized carbons (Fsp3) is 0.462. The Bertz CT molecular complexity index is 393. The van der Waals surface area contributed by atoms with E-state index in [2.05, 4.69) is 0 Å². The van der Waals surface area contributed by atoms with E-state index in [1.54, 1.807) is 19.1 Å². The molecule has 0 N–H and O–H groups in total. The standard InChI is InChI=1S/C13H18ClNO2/c1-10-4-5-12(17-3)11(8-10)9-15(2)13(16)6-7-14/h4-5,8H,6-7,9H2,1-3H3. The minimum absolute atomic E-state index is 0.0450. The van der Waals surface area contributed by atoms with E-state index in [1.807, 2.05) is 25.1 Å². The van der Waals surface area contributed by atoms with Crippen molar-refractivity contribution < 1.29 is 9.53 Å². The first kappa shape index (κ1) is 13.8. The highest BCUT2D eigenvalue weighted by atomic mass is 35.5. The third kappa shape index (κ3) is 3.93. The molecule has 0 radical (unpaired) electrons. The van der Waals surface area contributed by atoms with Crippen LogP contribution in [0.1, 0.15) is 17.5 Å². The van der Waals surface area contributed by atoms with Gasteiger partial charge >= 0.3 is 0 Å². The largest absolute Gasteiger partial charge is 0.496 e. The number of halogens is 1. The monoisotopic (exact) mass is 255 g/mol. The molecule has 1 aromatic carbocycles. The molecule has 0 aliphatic rings. The maximum atomic E-state index is 11.6. The van der Waals surface area contributed by atoms with Crippen LogP contribution in [0.4, 0.5) is 0 Å². The highest BCUT2D eigenvalue weighted by molar-refractivity contribution is 6.18. The number of hydrogen-bond donors (Lipinski definition) is 0. The molecule has 0 spiro atoms. The minimum Gasteiger partial charge on any atom is -0.496 e. The SMILES string of the molecule is COc1ccc(C)cc1CN(C)C(=O)CCCl. The molecule has 0 saturated heterocycles. The first-order valence-corrected chi connectivity index (χ1v) is 6.05. The molecule has 1 aromatic rings. The second kappa shape index (κ2) is 6.50. The molecule has 0 atom stereocenters. The molecule has 1 amide bonds. The van der Waals surface area contributed by atoms with Crippen molar-refractivity contribution >= 4 is 17.5 Å². The molecule has 0 saturated carbocycles. The molecule has 4 heteroatoms. The molecular formula is C13H18ClNO2. The number of hydrogen-bond acceptors (Lipinski definition) is 2. The van der Waals surface area contributed by atoms with E-state index in [1.165, 1.54) is 0 Å². The Balaban J connectivity index is 2.79. The Kier molecular flexibility index (Phi) is 5.29. The van der Waals surface area contributed by atoms with Crippen molar-refractivity contribution in [3.8, 4) is 5.75 Å². The molecular weight excluding hydrogens is 238 g/mol. The van der Waals surface area contributed by atoms with Gasteiger partial charge in [-0.1, -0.05) is 17.7 Å². The lowest BCUT2D eigenvalue weighted by molar-refractivity contribution is -0.130. The van der Waals surface area contributed by atoms with E-state index in [4.69, 9.17) is 16.3 Å². The summed E-state index contributed by atoms with van der Waals surface area (Å²) in [6, 6.07) is 5.94. The normalized spacial score (nSPS) is 10.1. The fourth-order valence-corrected chi connectivity index (χ4v) is 1.81. The number of benzene rings is 1. The van der Waals surface area contributed by atoms with E-state index < -0.39 is 0 Å². The topological polar surface area (TPSA) is 29.5 Å². The summed E-state index contributed by atoms with van der Waals surface area (Å²) >= 11 is 5.56. The van der Waals surface area contributed by atoms with Crippen molar-refractivity contribution in [1.82, 2.24) is 4.90 Å². The summed E-state index contributed by atoms with van der Waals surface area (Å²) in [6.07, 6.45) is 0.367. The Hall–Kier alpha value is -1.22. The van der Waals surface area contributed by atoms with Gasteiger partial charge < -0.3 is 9.64 Å². The first-order valence-electron chi connectivity index (χ1n) is 5.52. The van der Waals surface area contributed by atoms with Gasteiger partial charge in [0.15, 0.2) is 0 Å². The van der Waals surface area contributed by atoms with Crippen LogP contribution >= 0.6 is 11.6 Å². The van der Waals surface area contributed by atoms with E-state index in [0.717, 1.165) is 16.9 Å². The van der Waals surface area contributed by atoms with Crippen LogP contribution in [0.3, 0.4) is 0 Å². The van der Waals surface area contributed by atoms with Crippen LogP contribution in [0.25, 0.3) is 0 Å². The van der Waals surface area contributed by atoms with Crippen LogP contribution < -0.4 is 4.74 Å². The van der Waals surface area contributed by atoms with Crippen molar-refractivity contribution in [1.29, 1.82) is 0 Å². The Morgan fingerprint density at radius 2 is 2.18 bits per heavy atom. The number of aryl methyl sites for hydroxylation is 1. The molecule has 0 aliphatic carbocycles. The number of nitrogens with zero attached hydrogens (tertiary/aromatic N) is 1. The molecule has 94 valence electrons. The second-order valence-electron chi connectivity index (χ2n) is 4.00. The number of alkyl halides is 1. The summed E-state index contributed by atoms with van der Waals surface area (Å²) in [5.41, 5.74) is 2.16. The number of ether oxygens (including phenoxy) is 1. The molecule has 0 fully saturated rings. The minimum atomic E-state index is 0.0450. The molecule has 0 aliphatic heterocycles. The fourth-order valence-electron chi connectivity index (χ4n) is 1.65. The molecule has 0 bridgehead atoms. The second-order valence-corrected chi connectivity index (χ2v) is 4.38. The van der Waals surface area contributed by atoms with Crippen molar-refractivity contribution in [3.05, 3.63) is 29.3 Å². The van der Waals surface area contributed by atoms with Crippen molar-refractivity contribution in [2.45, 2.75) is 19.9 Å². The summed E-state index contributed by atoms with van der Waals surface area (Å²) in [5.74, 6) is 1.21. The maximum absolute atomic E-state index is 11.6. The third-order valence-electron chi connectivity index (χ3n) is 2.58. The molecule has 3 nitrogen and oxygen atoms in total. The van der Waals surface area contributed by atoms with E-state index in [-0.39, 0.29) is 5.91 Å². The van der Waals surface area contributed by atoms with Gasteiger partial charge in [-0.2, -0.15) is 0 Å². The number of rotatable bonds is 5. The molecule has 1 rings (SSSR count). The molecule has 0 aromatic heterocycles. The highest BCUT2D eigenvalue weighted by Crippen LogP contribution is 2.21. The van der Waals surface area contributed by atoms with Gasteiger partial charge in [-0.05, 0) is 13.0 Å². The zero-order valence-corrected chi connectivity index (χ0v) is 11.3. The average molecular weight is 256 g/mol. The smallest absolute Gasteiger partial charge is 0.223 e. The van der Waals surface area contributed by atoms with Gasteiger partial charge in [0.1, 0.15) is 5.75 Å². The summed E-state index contributed by atoms with van der Waals surface area (Å²) in [4.78, 5) is 13.3. The Morgan fingerprint density at radius 3 is 2.76 bits per heavy atom. The highest BCUT2D eigenvalue weighted by Gasteiger charge is 2.11. The van der Waals surface area contributed by atoms with Crippen LogP contribution in [0.5, 0.6) is 5.75 Å². The van der Waals surface area contributed by atoms with Gasteiger partial charge in [-0.3, -0.25) is 4.79 Å². The van der Waals surface area contributed by atoms with Gasteiger partial charge in [0.25, 0.3) is 0 Å². The quantitative estimate of drug-likeness (QED) is 0.757. The van der Waals surface area contributed by atoms with Gasteiger partial charge in [0, 0.05) is 31.5 Å². The Morgan fingerprint density at radius 1 is 1.47 bits per heavy atom. The first-order chi connectivity index (χ1) is 8.08. The van der Waals surface area contributed by atoms with Crippen LogP contribution in [0.2, 0.25) is 0 Å². The van der Waals surface area contributed by atoms with Crippen molar-refractivity contribution in [2.75, 3.05) is 20.0 Å². The summed E-state index contributed by atoms with van der Waals surface area (Å²) < 4.78 is 5.28.